The summed E-state index contributed by atoms with van der Waals surface area (Å²) in [4.78, 5) is 0. The summed E-state index contributed by atoms with van der Waals surface area (Å²) < 4.78 is 0. The molecule has 1 saturated heterocycles. The zero-order valence-corrected chi connectivity index (χ0v) is 7.82. The lowest BCUT2D eigenvalue weighted by molar-refractivity contribution is 0.703. The van der Waals surface area contributed by atoms with Crippen LogP contribution in [0.4, 0.5) is 0 Å². The van der Waals surface area contributed by atoms with Crippen LogP contribution in [-0.4, -0.2) is 13.1 Å². The van der Waals surface area contributed by atoms with E-state index in [1.807, 2.05) is 6.92 Å². The highest BCUT2D eigenvalue weighted by atomic mass is 14.8. The van der Waals surface area contributed by atoms with Crippen molar-refractivity contribution in [3.05, 3.63) is 11.6 Å². The second-order valence-electron chi connectivity index (χ2n) is 3.10. The van der Waals surface area contributed by atoms with Crippen LogP contribution in [0.25, 0.3) is 0 Å². The van der Waals surface area contributed by atoms with E-state index in [4.69, 9.17) is 0 Å². The Hall–Kier alpha value is -0.740. The van der Waals surface area contributed by atoms with Gasteiger partial charge in [-0.1, -0.05) is 17.6 Å². The van der Waals surface area contributed by atoms with Gasteiger partial charge in [0.05, 0.1) is 0 Å². The van der Waals surface area contributed by atoms with Gasteiger partial charge in [-0.2, -0.15) is 0 Å². The Morgan fingerprint density at radius 3 is 3.17 bits per heavy atom. The molecule has 1 nitrogen and oxygen atoms in total. The van der Waals surface area contributed by atoms with E-state index in [0.29, 0.717) is 0 Å². The summed E-state index contributed by atoms with van der Waals surface area (Å²) in [5.74, 6) is 5.98. The summed E-state index contributed by atoms with van der Waals surface area (Å²) >= 11 is 0. The SMILES string of the molecule is CC#CC/C=C1/CCCNCC1. The Balaban J connectivity index is 2.35. The summed E-state index contributed by atoms with van der Waals surface area (Å²) in [5.41, 5.74) is 1.59. The van der Waals surface area contributed by atoms with Crippen molar-refractivity contribution in [2.75, 3.05) is 13.1 Å². The molecule has 0 aromatic heterocycles. The molecule has 0 unspecified atom stereocenters. The molecule has 1 heterocycles. The van der Waals surface area contributed by atoms with Crippen LogP contribution < -0.4 is 5.32 Å². The third-order valence-corrected chi connectivity index (χ3v) is 2.14. The third-order valence-electron chi connectivity index (χ3n) is 2.14. The molecule has 1 fully saturated rings. The fraction of sp³-hybridized carbons (Fsp3) is 0.636. The van der Waals surface area contributed by atoms with Crippen molar-refractivity contribution in [2.45, 2.75) is 32.6 Å². The highest BCUT2D eigenvalue weighted by Gasteiger charge is 2.01. The third kappa shape index (κ3) is 3.59. The van der Waals surface area contributed by atoms with Crippen LogP contribution in [0.5, 0.6) is 0 Å². The molecule has 0 spiro atoms. The van der Waals surface area contributed by atoms with E-state index >= 15 is 0 Å². The lowest BCUT2D eigenvalue weighted by Crippen LogP contribution is -2.13. The summed E-state index contributed by atoms with van der Waals surface area (Å²) in [5, 5.41) is 3.39. The Morgan fingerprint density at radius 2 is 2.33 bits per heavy atom. The first-order valence-electron chi connectivity index (χ1n) is 4.71. The first kappa shape index (κ1) is 9.35. The van der Waals surface area contributed by atoms with Crippen LogP contribution in [0.1, 0.15) is 32.6 Å². The predicted molar refractivity (Wildman–Crippen MR) is 52.9 cm³/mol. The summed E-state index contributed by atoms with van der Waals surface area (Å²) in [6, 6.07) is 0. The molecule has 1 rings (SSSR count). The van der Waals surface area contributed by atoms with Gasteiger partial charge in [0.25, 0.3) is 0 Å². The molecular weight excluding hydrogens is 146 g/mol. The highest BCUT2D eigenvalue weighted by molar-refractivity contribution is 5.10. The molecule has 0 aromatic carbocycles. The van der Waals surface area contributed by atoms with Crippen molar-refractivity contribution in [1.29, 1.82) is 0 Å². The molecule has 1 heteroatoms. The largest absolute Gasteiger partial charge is 0.316 e. The minimum Gasteiger partial charge on any atom is -0.316 e. The second-order valence-corrected chi connectivity index (χ2v) is 3.10. The van der Waals surface area contributed by atoms with Gasteiger partial charge in [0.15, 0.2) is 0 Å². The second kappa shape index (κ2) is 5.85. The minimum absolute atomic E-state index is 0.936. The van der Waals surface area contributed by atoms with E-state index in [0.717, 1.165) is 13.0 Å². The van der Waals surface area contributed by atoms with Gasteiger partial charge in [0, 0.05) is 6.42 Å². The van der Waals surface area contributed by atoms with Gasteiger partial charge < -0.3 is 5.32 Å². The van der Waals surface area contributed by atoms with Crippen molar-refractivity contribution in [1.82, 2.24) is 5.32 Å². The number of nitrogens with one attached hydrogen (secondary N) is 1. The average Bonchev–Trinajstić information content (AvgIpc) is 2.33. The minimum atomic E-state index is 0.936. The van der Waals surface area contributed by atoms with Crippen molar-refractivity contribution in [3.63, 3.8) is 0 Å². The van der Waals surface area contributed by atoms with Crippen LogP contribution in [0, 0.1) is 11.8 Å². The van der Waals surface area contributed by atoms with Gasteiger partial charge >= 0.3 is 0 Å². The van der Waals surface area contributed by atoms with Gasteiger partial charge in [-0.05, 0) is 39.3 Å². The number of allylic oxidation sites excluding steroid dienone is 1. The van der Waals surface area contributed by atoms with Crippen LogP contribution in [0.3, 0.4) is 0 Å². The fourth-order valence-corrected chi connectivity index (χ4v) is 1.44. The zero-order chi connectivity index (χ0) is 8.65. The quantitative estimate of drug-likeness (QED) is 0.461. The smallest absolute Gasteiger partial charge is 0.0272 e. The monoisotopic (exact) mass is 163 g/mol. The van der Waals surface area contributed by atoms with E-state index in [1.54, 1.807) is 5.57 Å². The standard InChI is InChI=1S/C11H17N/c1-2-3-4-6-11-7-5-9-12-10-8-11/h6,12H,4-5,7-10H2,1H3/b11-6-. The van der Waals surface area contributed by atoms with Crippen molar-refractivity contribution >= 4 is 0 Å². The molecule has 66 valence electrons. The maximum Gasteiger partial charge on any atom is 0.0272 e. The summed E-state index contributed by atoms with van der Waals surface area (Å²) in [7, 11) is 0. The van der Waals surface area contributed by atoms with E-state index in [-0.39, 0.29) is 0 Å². The van der Waals surface area contributed by atoms with Crippen LogP contribution in [0.2, 0.25) is 0 Å². The lowest BCUT2D eigenvalue weighted by Gasteiger charge is -1.98. The van der Waals surface area contributed by atoms with E-state index in [9.17, 15) is 0 Å². The Bertz CT molecular complexity index is 195. The number of rotatable bonds is 1. The number of hydrogen-bond donors (Lipinski definition) is 1. The fourth-order valence-electron chi connectivity index (χ4n) is 1.44. The molecule has 0 atom stereocenters. The average molecular weight is 163 g/mol. The molecule has 0 aromatic rings. The van der Waals surface area contributed by atoms with Gasteiger partial charge in [-0.15, -0.1) is 5.92 Å². The first-order chi connectivity index (χ1) is 5.93. The molecule has 1 aliphatic rings. The maximum absolute atomic E-state index is 3.39. The van der Waals surface area contributed by atoms with Gasteiger partial charge in [0.1, 0.15) is 0 Å². The molecular formula is C11H17N. The topological polar surface area (TPSA) is 12.0 Å². The molecule has 0 aliphatic carbocycles. The summed E-state index contributed by atoms with van der Waals surface area (Å²) in [6.45, 7) is 4.22. The van der Waals surface area contributed by atoms with Gasteiger partial charge in [-0.3, -0.25) is 0 Å². The van der Waals surface area contributed by atoms with Crippen LogP contribution in [0.15, 0.2) is 11.6 Å². The molecule has 0 amide bonds. The Labute approximate surface area is 75.2 Å². The maximum atomic E-state index is 3.39. The number of hydrogen-bond acceptors (Lipinski definition) is 1. The molecule has 0 radical (unpaired) electrons. The molecule has 1 aliphatic heterocycles. The molecule has 1 N–H and O–H groups in total. The molecule has 12 heavy (non-hydrogen) atoms. The van der Waals surface area contributed by atoms with Crippen molar-refractivity contribution in [2.24, 2.45) is 0 Å². The van der Waals surface area contributed by atoms with E-state index < -0.39 is 0 Å². The zero-order valence-electron chi connectivity index (χ0n) is 7.82. The van der Waals surface area contributed by atoms with Crippen LogP contribution in [-0.2, 0) is 0 Å². The van der Waals surface area contributed by atoms with Crippen LogP contribution >= 0.6 is 0 Å². The Kier molecular flexibility index (Phi) is 4.56. The van der Waals surface area contributed by atoms with Crippen molar-refractivity contribution in [3.8, 4) is 11.8 Å². The highest BCUT2D eigenvalue weighted by Crippen LogP contribution is 2.12. The van der Waals surface area contributed by atoms with E-state index in [2.05, 4.69) is 23.2 Å². The Morgan fingerprint density at radius 1 is 1.42 bits per heavy atom. The molecule has 0 bridgehead atoms. The lowest BCUT2D eigenvalue weighted by atomic mass is 10.1. The summed E-state index contributed by atoms with van der Waals surface area (Å²) in [6.07, 6.45) is 6.99. The van der Waals surface area contributed by atoms with E-state index in [1.165, 1.54) is 25.8 Å². The normalized spacial score (nSPS) is 21.2. The first-order valence-corrected chi connectivity index (χ1v) is 4.71. The molecule has 0 saturated carbocycles. The van der Waals surface area contributed by atoms with Gasteiger partial charge in [-0.25, -0.2) is 0 Å². The predicted octanol–water partition coefficient (Wildman–Crippen LogP) is 2.10. The van der Waals surface area contributed by atoms with Gasteiger partial charge in [0.2, 0.25) is 0 Å². The van der Waals surface area contributed by atoms with Crippen molar-refractivity contribution < 1.29 is 0 Å².